The fourth-order valence-corrected chi connectivity index (χ4v) is 3.42. The third-order valence-corrected chi connectivity index (χ3v) is 4.84. The molecule has 4 rings (SSSR count). The van der Waals surface area contributed by atoms with Gasteiger partial charge in [0.15, 0.2) is 0 Å². The summed E-state index contributed by atoms with van der Waals surface area (Å²) in [7, 11) is 0. The van der Waals surface area contributed by atoms with Crippen molar-refractivity contribution in [1.29, 1.82) is 5.26 Å². The number of aromatic nitrogens is 2. The number of amides is 2. The summed E-state index contributed by atoms with van der Waals surface area (Å²) < 4.78 is 1.90. The van der Waals surface area contributed by atoms with Crippen LogP contribution in [0.2, 0.25) is 0 Å². The molecular weight excluding hydrogens is 340 g/mol. The number of carbonyl (C=O) groups excluding carboxylic acids is 2. The molecule has 0 bridgehead atoms. The van der Waals surface area contributed by atoms with Crippen LogP contribution in [-0.2, 0) is 6.42 Å². The van der Waals surface area contributed by atoms with Gasteiger partial charge in [-0.05, 0) is 48.2 Å². The van der Waals surface area contributed by atoms with Crippen LogP contribution in [0.1, 0.15) is 55.9 Å². The average Bonchev–Trinajstić information content (AvgIpc) is 3.30. The molecule has 1 N–H and O–H groups in total. The van der Waals surface area contributed by atoms with Gasteiger partial charge in [-0.2, -0.15) is 5.26 Å². The van der Waals surface area contributed by atoms with Crippen molar-refractivity contribution in [3.8, 4) is 6.07 Å². The zero-order valence-electron chi connectivity index (χ0n) is 14.6. The van der Waals surface area contributed by atoms with E-state index in [1.165, 1.54) is 0 Å². The van der Waals surface area contributed by atoms with Gasteiger partial charge in [0.25, 0.3) is 11.8 Å². The van der Waals surface area contributed by atoms with Crippen LogP contribution < -0.4 is 5.32 Å². The van der Waals surface area contributed by atoms with Crippen molar-refractivity contribution in [1.82, 2.24) is 14.9 Å². The Kier molecular flexibility index (Phi) is 4.05. The Morgan fingerprint density at radius 3 is 2.59 bits per heavy atom. The maximum Gasteiger partial charge on any atom is 0.259 e. The van der Waals surface area contributed by atoms with Crippen LogP contribution in [0.25, 0.3) is 0 Å². The highest BCUT2D eigenvalue weighted by atomic mass is 16.2. The van der Waals surface area contributed by atoms with E-state index in [4.69, 9.17) is 5.26 Å². The minimum absolute atomic E-state index is 0.140. The second kappa shape index (κ2) is 6.54. The van der Waals surface area contributed by atoms with E-state index < -0.39 is 0 Å². The molecule has 2 aromatic carbocycles. The first kappa shape index (κ1) is 16.7. The van der Waals surface area contributed by atoms with Gasteiger partial charge in [0, 0.05) is 12.4 Å². The molecule has 6 heteroatoms. The average molecular weight is 356 g/mol. The predicted molar refractivity (Wildman–Crippen MR) is 98.2 cm³/mol. The minimum Gasteiger partial charge on any atom is -0.330 e. The van der Waals surface area contributed by atoms with Gasteiger partial charge in [0.1, 0.15) is 0 Å². The van der Waals surface area contributed by atoms with Crippen molar-refractivity contribution < 1.29 is 9.59 Å². The van der Waals surface area contributed by atoms with Gasteiger partial charge < -0.3 is 4.57 Å². The van der Waals surface area contributed by atoms with Crippen molar-refractivity contribution >= 4 is 11.8 Å². The lowest BCUT2D eigenvalue weighted by Crippen LogP contribution is -2.20. The van der Waals surface area contributed by atoms with E-state index in [1.54, 1.807) is 30.7 Å². The number of benzene rings is 2. The lowest BCUT2D eigenvalue weighted by atomic mass is 9.92. The number of nitrogens with one attached hydrogen (secondary N) is 1. The molecule has 1 atom stereocenters. The van der Waals surface area contributed by atoms with E-state index in [1.807, 2.05) is 35.9 Å². The molecule has 0 saturated heterocycles. The first-order valence-corrected chi connectivity index (χ1v) is 8.56. The Labute approximate surface area is 156 Å². The molecule has 0 saturated carbocycles. The Morgan fingerprint density at radius 1 is 1.15 bits per heavy atom. The van der Waals surface area contributed by atoms with Crippen LogP contribution in [0.5, 0.6) is 0 Å². The fourth-order valence-electron chi connectivity index (χ4n) is 3.42. The molecule has 0 fully saturated rings. The highest BCUT2D eigenvalue weighted by Crippen LogP contribution is 2.30. The van der Waals surface area contributed by atoms with Crippen LogP contribution in [0.3, 0.4) is 0 Å². The summed E-state index contributed by atoms with van der Waals surface area (Å²) in [5.41, 5.74) is 4.20. The van der Waals surface area contributed by atoms with Crippen LogP contribution in [-0.4, -0.2) is 21.4 Å². The monoisotopic (exact) mass is 356 g/mol. The second-order valence-electron chi connectivity index (χ2n) is 6.56. The molecule has 0 aliphatic carbocycles. The number of imide groups is 1. The molecule has 27 heavy (non-hydrogen) atoms. The molecule has 2 amide bonds. The van der Waals surface area contributed by atoms with E-state index in [0.29, 0.717) is 23.1 Å². The first-order chi connectivity index (χ1) is 13.1. The first-order valence-electron chi connectivity index (χ1n) is 8.56. The lowest BCUT2D eigenvalue weighted by Gasteiger charge is -2.18. The van der Waals surface area contributed by atoms with Crippen LogP contribution in [0.4, 0.5) is 0 Å². The second-order valence-corrected chi connectivity index (χ2v) is 6.56. The standard InChI is InChI=1S/C21H16N4O2/c1-13(25-7-6-23-12-25)17-9-16(8-14-2-4-15(11-22)5-3-14)10-18-19(17)21(27)24-20(18)26/h2-7,9-10,12-13H,8H2,1H3,(H,24,26,27). The Balaban J connectivity index is 1.78. The van der Waals surface area contributed by atoms with Gasteiger partial charge in [-0.15, -0.1) is 0 Å². The largest absolute Gasteiger partial charge is 0.330 e. The number of rotatable bonds is 4. The highest BCUT2D eigenvalue weighted by molar-refractivity contribution is 6.22. The van der Waals surface area contributed by atoms with Crippen molar-refractivity contribution in [2.75, 3.05) is 0 Å². The number of imidazole rings is 1. The maximum atomic E-state index is 12.3. The number of hydrogen-bond donors (Lipinski definition) is 1. The van der Waals surface area contributed by atoms with Gasteiger partial charge in [-0.3, -0.25) is 14.9 Å². The Bertz CT molecular complexity index is 1080. The summed E-state index contributed by atoms with van der Waals surface area (Å²) in [5, 5.41) is 11.3. The summed E-state index contributed by atoms with van der Waals surface area (Å²) >= 11 is 0. The third-order valence-electron chi connectivity index (χ3n) is 4.84. The number of nitrogens with zero attached hydrogens (tertiary/aromatic N) is 3. The van der Waals surface area contributed by atoms with E-state index in [-0.39, 0.29) is 17.9 Å². The predicted octanol–water partition coefficient (Wildman–Crippen LogP) is 2.84. The normalized spacial score (nSPS) is 13.8. The molecule has 6 nitrogen and oxygen atoms in total. The number of nitriles is 1. The van der Waals surface area contributed by atoms with Crippen LogP contribution >= 0.6 is 0 Å². The topological polar surface area (TPSA) is 87.8 Å². The molecule has 1 aliphatic heterocycles. The van der Waals surface area contributed by atoms with E-state index in [9.17, 15) is 9.59 Å². The fraction of sp³-hybridized carbons (Fsp3) is 0.143. The van der Waals surface area contributed by atoms with E-state index in [0.717, 1.165) is 16.7 Å². The lowest BCUT2D eigenvalue weighted by molar-refractivity contribution is 0.0879. The summed E-state index contributed by atoms with van der Waals surface area (Å²) in [5.74, 6) is -0.724. The molecule has 1 aromatic heterocycles. The van der Waals surface area contributed by atoms with Crippen molar-refractivity contribution in [3.63, 3.8) is 0 Å². The van der Waals surface area contributed by atoms with Crippen molar-refractivity contribution in [2.45, 2.75) is 19.4 Å². The summed E-state index contributed by atoms with van der Waals surface area (Å²) in [4.78, 5) is 28.6. The number of carbonyl (C=O) groups is 2. The van der Waals surface area contributed by atoms with Gasteiger partial charge >= 0.3 is 0 Å². The Morgan fingerprint density at radius 2 is 1.93 bits per heavy atom. The zero-order chi connectivity index (χ0) is 19.0. The zero-order valence-corrected chi connectivity index (χ0v) is 14.6. The number of fused-ring (bicyclic) bond motifs is 1. The minimum atomic E-state index is -0.365. The van der Waals surface area contributed by atoms with Crippen LogP contribution in [0.15, 0.2) is 55.1 Å². The van der Waals surface area contributed by atoms with Crippen LogP contribution in [0, 0.1) is 11.3 Å². The summed E-state index contributed by atoms with van der Waals surface area (Å²) in [6.45, 7) is 1.97. The SMILES string of the molecule is CC(c1cc(Cc2ccc(C#N)cc2)cc2c1C(=O)NC2=O)n1ccnc1. The van der Waals surface area contributed by atoms with Gasteiger partial charge in [-0.25, -0.2) is 4.98 Å². The maximum absolute atomic E-state index is 12.3. The van der Waals surface area contributed by atoms with E-state index >= 15 is 0 Å². The molecule has 0 radical (unpaired) electrons. The summed E-state index contributed by atoms with van der Waals surface area (Å²) in [6, 6.07) is 13.1. The quantitative estimate of drug-likeness (QED) is 0.728. The van der Waals surface area contributed by atoms with Crippen molar-refractivity contribution in [3.05, 3.63) is 88.5 Å². The van der Waals surface area contributed by atoms with Gasteiger partial charge in [0.2, 0.25) is 0 Å². The van der Waals surface area contributed by atoms with Crippen molar-refractivity contribution in [2.24, 2.45) is 0 Å². The van der Waals surface area contributed by atoms with Gasteiger partial charge in [0.05, 0.1) is 35.1 Å². The molecule has 1 unspecified atom stereocenters. The smallest absolute Gasteiger partial charge is 0.259 e. The third kappa shape index (κ3) is 3.00. The molecular formula is C21H16N4O2. The summed E-state index contributed by atoms with van der Waals surface area (Å²) in [6.07, 6.45) is 5.81. The Hall–Kier alpha value is -3.72. The molecule has 0 spiro atoms. The van der Waals surface area contributed by atoms with Gasteiger partial charge in [-0.1, -0.05) is 18.2 Å². The highest BCUT2D eigenvalue weighted by Gasteiger charge is 2.32. The molecule has 2 heterocycles. The number of hydrogen-bond acceptors (Lipinski definition) is 4. The molecule has 132 valence electrons. The molecule has 3 aromatic rings. The molecule has 1 aliphatic rings. The van der Waals surface area contributed by atoms with E-state index in [2.05, 4.69) is 16.4 Å².